The van der Waals surface area contributed by atoms with Gasteiger partial charge in [0.25, 0.3) is 0 Å². The molecule has 1 aliphatic rings. The molecule has 5 aromatic rings. The molecule has 0 radical (unpaired) electrons. The molecule has 4 aromatic heterocycles. The number of rotatable bonds is 9. The lowest BCUT2D eigenvalue weighted by Gasteiger charge is -2.30. The number of aryl methyl sites for hydroxylation is 1. The van der Waals surface area contributed by atoms with Crippen LogP contribution in [-0.4, -0.2) is 62.2 Å². The van der Waals surface area contributed by atoms with E-state index in [0.29, 0.717) is 24.4 Å². The lowest BCUT2D eigenvalue weighted by Crippen LogP contribution is -2.36. The number of fused-ring (bicyclic) bond motifs is 1. The van der Waals surface area contributed by atoms with Crippen molar-refractivity contribution in [1.29, 1.82) is 0 Å². The van der Waals surface area contributed by atoms with Gasteiger partial charge in [-0.25, -0.2) is 9.37 Å². The van der Waals surface area contributed by atoms with Gasteiger partial charge in [0.1, 0.15) is 11.5 Å². The van der Waals surface area contributed by atoms with E-state index in [1.165, 1.54) is 24.1 Å². The Labute approximate surface area is 238 Å². The van der Waals surface area contributed by atoms with E-state index in [1.807, 2.05) is 45.6 Å². The Balaban J connectivity index is 1.40. The third-order valence-corrected chi connectivity index (χ3v) is 7.41. The molecule has 41 heavy (non-hydrogen) atoms. The van der Waals surface area contributed by atoms with Gasteiger partial charge in [-0.05, 0) is 87.4 Å². The molecule has 0 atom stereocenters. The molecule has 8 nitrogen and oxygen atoms in total. The maximum atomic E-state index is 14.5. The van der Waals surface area contributed by atoms with Gasteiger partial charge >= 0.3 is 0 Å². The van der Waals surface area contributed by atoms with E-state index >= 15 is 0 Å². The molecule has 1 fully saturated rings. The Morgan fingerprint density at radius 3 is 2.56 bits per heavy atom. The largest absolute Gasteiger partial charge is 0.335 e. The number of halogens is 1. The summed E-state index contributed by atoms with van der Waals surface area (Å²) in [6, 6.07) is 9.33. The molecule has 2 N–H and O–H groups in total. The molecule has 9 heteroatoms. The van der Waals surface area contributed by atoms with Crippen LogP contribution in [0.4, 0.5) is 4.39 Å². The van der Waals surface area contributed by atoms with Gasteiger partial charge in [-0.3, -0.25) is 24.8 Å². The molecule has 0 bridgehead atoms. The van der Waals surface area contributed by atoms with Crippen LogP contribution in [0.15, 0.2) is 66.3 Å². The molecule has 0 saturated carbocycles. The average molecular weight is 549 g/mol. The summed E-state index contributed by atoms with van der Waals surface area (Å²) >= 11 is 0. The molecule has 1 aliphatic heterocycles. The Morgan fingerprint density at radius 1 is 0.976 bits per heavy atom. The van der Waals surface area contributed by atoms with Crippen LogP contribution in [0.2, 0.25) is 0 Å². The minimum atomic E-state index is -0.296. The van der Waals surface area contributed by atoms with Crippen molar-refractivity contribution in [2.75, 3.05) is 26.7 Å². The van der Waals surface area contributed by atoms with Gasteiger partial charge in [-0.2, -0.15) is 0 Å². The second-order valence-corrected chi connectivity index (χ2v) is 10.4. The number of pyridine rings is 3. The number of nitrogens with one attached hydrogen (secondary N) is 2. The van der Waals surface area contributed by atoms with Crippen molar-refractivity contribution in [2.45, 2.75) is 33.4 Å². The summed E-state index contributed by atoms with van der Waals surface area (Å²) in [7, 11) is 1.84. The maximum absolute atomic E-state index is 14.5. The second kappa shape index (κ2) is 11.6. The van der Waals surface area contributed by atoms with Gasteiger partial charge in [-0.15, -0.1) is 0 Å². The third-order valence-electron chi connectivity index (χ3n) is 7.41. The predicted octanol–water partition coefficient (Wildman–Crippen LogP) is 5.31. The van der Waals surface area contributed by atoms with Crippen molar-refractivity contribution in [1.82, 2.24) is 35.1 Å². The van der Waals surface area contributed by atoms with Crippen LogP contribution in [0.25, 0.3) is 33.3 Å². The normalized spacial score (nSPS) is 14.0. The average Bonchev–Trinajstić information content (AvgIpc) is 3.38. The fourth-order valence-corrected chi connectivity index (χ4v) is 5.27. The SMILES string of the molecule is CCN=C(c1nc2c(-c3cc(F)cc(CNC)c3)cncc2[nH]1)c1cc(-c2cncc(CN3CCC3)c2)cnc1C. The van der Waals surface area contributed by atoms with E-state index in [0.717, 1.165) is 69.9 Å². The summed E-state index contributed by atoms with van der Waals surface area (Å²) in [6.07, 6.45) is 10.4. The summed E-state index contributed by atoms with van der Waals surface area (Å²) < 4.78 is 14.5. The fraction of sp³-hybridized carbons (Fsp3) is 0.281. The molecule has 1 saturated heterocycles. The van der Waals surface area contributed by atoms with Crippen molar-refractivity contribution >= 4 is 16.7 Å². The Morgan fingerprint density at radius 2 is 1.78 bits per heavy atom. The van der Waals surface area contributed by atoms with Gasteiger partial charge in [-0.1, -0.05) is 0 Å². The smallest absolute Gasteiger partial charge is 0.157 e. The van der Waals surface area contributed by atoms with Crippen LogP contribution in [0.5, 0.6) is 0 Å². The second-order valence-electron chi connectivity index (χ2n) is 10.4. The number of H-pyrrole nitrogens is 1. The summed E-state index contributed by atoms with van der Waals surface area (Å²) in [4.78, 5) is 29.4. The molecule has 208 valence electrons. The van der Waals surface area contributed by atoms with Crippen LogP contribution < -0.4 is 5.32 Å². The van der Waals surface area contributed by atoms with Crippen LogP contribution in [0.3, 0.4) is 0 Å². The van der Waals surface area contributed by atoms with Crippen molar-refractivity contribution < 1.29 is 4.39 Å². The molecular formula is C32H33FN8. The van der Waals surface area contributed by atoms with Crippen molar-refractivity contribution in [3.8, 4) is 22.3 Å². The topological polar surface area (TPSA) is 95.0 Å². The van der Waals surface area contributed by atoms with Crippen LogP contribution >= 0.6 is 0 Å². The summed E-state index contributed by atoms with van der Waals surface area (Å²) in [5.41, 5.74) is 9.47. The van der Waals surface area contributed by atoms with Gasteiger partial charge in [0, 0.05) is 72.4 Å². The molecule has 0 amide bonds. The number of benzene rings is 1. The van der Waals surface area contributed by atoms with Crippen LogP contribution in [0.1, 0.15) is 41.6 Å². The number of likely N-dealkylation sites (tertiary alicyclic amines) is 1. The zero-order chi connectivity index (χ0) is 28.3. The number of hydrogen-bond acceptors (Lipinski definition) is 7. The van der Waals surface area contributed by atoms with Crippen molar-refractivity contribution in [3.63, 3.8) is 0 Å². The highest BCUT2D eigenvalue weighted by Gasteiger charge is 2.19. The summed E-state index contributed by atoms with van der Waals surface area (Å²) in [6.45, 7) is 8.31. The first-order chi connectivity index (χ1) is 20.0. The third kappa shape index (κ3) is 5.64. The number of aliphatic imine (C=N–C) groups is 1. The molecule has 0 spiro atoms. The molecule has 0 aliphatic carbocycles. The monoisotopic (exact) mass is 548 g/mol. The van der Waals surface area contributed by atoms with Gasteiger partial charge < -0.3 is 10.3 Å². The van der Waals surface area contributed by atoms with E-state index in [2.05, 4.69) is 37.3 Å². The number of aromatic nitrogens is 5. The van der Waals surface area contributed by atoms with E-state index in [-0.39, 0.29) is 5.82 Å². The van der Waals surface area contributed by atoms with Crippen molar-refractivity contribution in [3.05, 3.63) is 95.3 Å². The highest BCUT2D eigenvalue weighted by atomic mass is 19.1. The number of nitrogens with zero attached hydrogens (tertiary/aromatic N) is 6. The predicted molar refractivity (Wildman–Crippen MR) is 160 cm³/mol. The van der Waals surface area contributed by atoms with Gasteiger partial charge in [0.2, 0.25) is 0 Å². The first kappa shape index (κ1) is 26.9. The Hall–Kier alpha value is -4.34. The van der Waals surface area contributed by atoms with E-state index < -0.39 is 0 Å². The van der Waals surface area contributed by atoms with E-state index in [4.69, 9.17) is 15.0 Å². The summed E-state index contributed by atoms with van der Waals surface area (Å²) in [5, 5.41) is 3.08. The quantitative estimate of drug-likeness (QED) is 0.243. The Bertz CT molecular complexity index is 1740. The minimum Gasteiger partial charge on any atom is -0.335 e. The summed E-state index contributed by atoms with van der Waals surface area (Å²) in [5.74, 6) is 0.324. The molecular weight excluding hydrogens is 515 g/mol. The zero-order valence-corrected chi connectivity index (χ0v) is 23.6. The Kier molecular flexibility index (Phi) is 7.63. The number of hydrogen-bond donors (Lipinski definition) is 2. The lowest BCUT2D eigenvalue weighted by molar-refractivity contribution is 0.172. The van der Waals surface area contributed by atoms with Crippen LogP contribution in [-0.2, 0) is 13.1 Å². The molecule has 0 unspecified atom stereocenters. The first-order valence-electron chi connectivity index (χ1n) is 14.0. The van der Waals surface area contributed by atoms with Crippen LogP contribution in [0, 0.1) is 12.7 Å². The fourth-order valence-electron chi connectivity index (χ4n) is 5.27. The van der Waals surface area contributed by atoms with Crippen molar-refractivity contribution in [2.24, 2.45) is 4.99 Å². The highest BCUT2D eigenvalue weighted by molar-refractivity contribution is 6.13. The highest BCUT2D eigenvalue weighted by Crippen LogP contribution is 2.30. The van der Waals surface area contributed by atoms with E-state index in [1.54, 1.807) is 12.4 Å². The molecule has 1 aromatic carbocycles. The van der Waals surface area contributed by atoms with E-state index in [9.17, 15) is 4.39 Å². The minimum absolute atomic E-state index is 0.296. The number of aromatic amines is 1. The standard InChI is InChI=1S/C32H33FN8/c1-4-37-31(27-12-25(16-38-20(27)2)24-9-22(14-35-15-24)19-41-6-5-7-41)32-39-29-18-36-17-28(30(29)40-32)23-8-21(13-34-3)10-26(33)11-23/h8-12,14-18,34H,4-7,13,19H2,1-3H3,(H,39,40). The lowest BCUT2D eigenvalue weighted by atomic mass is 10.0. The molecule has 6 rings (SSSR count). The maximum Gasteiger partial charge on any atom is 0.157 e. The van der Waals surface area contributed by atoms with Gasteiger partial charge in [0.15, 0.2) is 5.82 Å². The number of imidazole rings is 1. The van der Waals surface area contributed by atoms with Gasteiger partial charge in [0.05, 0.1) is 17.2 Å². The zero-order valence-electron chi connectivity index (χ0n) is 23.6. The molecule has 5 heterocycles. The first-order valence-corrected chi connectivity index (χ1v) is 14.0.